The molecule has 3 rings (SSSR count). The standard InChI is InChI=1S/C20H28N2O3/c1-5-10-22(13-19-21-11-18(25-19)20(2,3)4)12-15-14-23-16-8-6-7-9-17(16)24-15/h6-9,11,15H,5,10,12-14H2,1-4H3. The Bertz CT molecular complexity index is 690. The lowest BCUT2D eigenvalue weighted by molar-refractivity contribution is 0.0538. The average molecular weight is 344 g/mol. The summed E-state index contributed by atoms with van der Waals surface area (Å²) in [5.41, 5.74) is -0.0229. The van der Waals surface area contributed by atoms with Gasteiger partial charge in [0.25, 0.3) is 0 Å². The summed E-state index contributed by atoms with van der Waals surface area (Å²) in [6.07, 6.45) is 2.92. The maximum Gasteiger partial charge on any atom is 0.208 e. The number of nitrogens with zero attached hydrogens (tertiary/aromatic N) is 2. The molecule has 1 aromatic heterocycles. The lowest BCUT2D eigenvalue weighted by Gasteiger charge is -2.30. The first-order chi connectivity index (χ1) is 12.0. The van der Waals surface area contributed by atoms with Crippen molar-refractivity contribution in [2.45, 2.75) is 52.2 Å². The van der Waals surface area contributed by atoms with Gasteiger partial charge in [0.15, 0.2) is 11.5 Å². The summed E-state index contributed by atoms with van der Waals surface area (Å²) in [4.78, 5) is 6.77. The van der Waals surface area contributed by atoms with Crippen molar-refractivity contribution >= 4 is 0 Å². The van der Waals surface area contributed by atoms with Crippen LogP contribution in [-0.4, -0.2) is 35.7 Å². The largest absolute Gasteiger partial charge is 0.486 e. The Balaban J connectivity index is 1.63. The summed E-state index contributed by atoms with van der Waals surface area (Å²) in [5, 5.41) is 0. The summed E-state index contributed by atoms with van der Waals surface area (Å²) in [5.74, 6) is 3.32. The van der Waals surface area contributed by atoms with E-state index in [4.69, 9.17) is 13.9 Å². The number of hydrogen-bond acceptors (Lipinski definition) is 5. The fraction of sp³-hybridized carbons (Fsp3) is 0.550. The zero-order chi connectivity index (χ0) is 17.9. The molecule has 1 aromatic carbocycles. The highest BCUT2D eigenvalue weighted by atomic mass is 16.6. The molecular weight excluding hydrogens is 316 g/mol. The molecule has 0 aliphatic carbocycles. The maximum atomic E-state index is 6.09. The Labute approximate surface area is 149 Å². The van der Waals surface area contributed by atoms with Crippen LogP contribution in [0.4, 0.5) is 0 Å². The number of para-hydroxylation sites is 2. The summed E-state index contributed by atoms with van der Waals surface area (Å²) >= 11 is 0. The fourth-order valence-electron chi connectivity index (χ4n) is 2.91. The summed E-state index contributed by atoms with van der Waals surface area (Å²) < 4.78 is 17.9. The Morgan fingerprint density at radius 2 is 1.96 bits per heavy atom. The van der Waals surface area contributed by atoms with Crippen LogP contribution >= 0.6 is 0 Å². The van der Waals surface area contributed by atoms with Crippen molar-refractivity contribution in [3.05, 3.63) is 42.1 Å². The molecule has 25 heavy (non-hydrogen) atoms. The van der Waals surface area contributed by atoms with Crippen LogP contribution < -0.4 is 9.47 Å². The molecule has 1 unspecified atom stereocenters. The van der Waals surface area contributed by atoms with Crippen LogP contribution in [0.1, 0.15) is 45.8 Å². The summed E-state index contributed by atoms with van der Waals surface area (Å²) in [7, 11) is 0. The van der Waals surface area contributed by atoms with E-state index in [1.54, 1.807) is 0 Å². The molecule has 0 radical (unpaired) electrons. The molecule has 0 bridgehead atoms. The van der Waals surface area contributed by atoms with Gasteiger partial charge < -0.3 is 13.9 Å². The van der Waals surface area contributed by atoms with E-state index in [9.17, 15) is 0 Å². The van der Waals surface area contributed by atoms with Crippen molar-refractivity contribution in [1.29, 1.82) is 0 Å². The van der Waals surface area contributed by atoms with Crippen molar-refractivity contribution in [2.75, 3.05) is 19.7 Å². The van der Waals surface area contributed by atoms with Crippen molar-refractivity contribution in [3.63, 3.8) is 0 Å². The molecule has 0 saturated heterocycles. The van der Waals surface area contributed by atoms with Crippen LogP contribution in [0, 0.1) is 0 Å². The minimum Gasteiger partial charge on any atom is -0.486 e. The molecule has 136 valence electrons. The van der Waals surface area contributed by atoms with Crippen LogP contribution in [0.25, 0.3) is 0 Å². The molecule has 2 aromatic rings. The van der Waals surface area contributed by atoms with Gasteiger partial charge in [-0.15, -0.1) is 0 Å². The number of hydrogen-bond donors (Lipinski definition) is 0. The van der Waals surface area contributed by atoms with Crippen molar-refractivity contribution in [3.8, 4) is 11.5 Å². The predicted molar refractivity (Wildman–Crippen MR) is 97.1 cm³/mol. The average Bonchev–Trinajstić information content (AvgIpc) is 3.04. The molecule has 0 saturated carbocycles. The number of rotatable bonds is 6. The summed E-state index contributed by atoms with van der Waals surface area (Å²) in [6.45, 7) is 11.6. The molecular formula is C20H28N2O3. The molecule has 1 atom stereocenters. The number of ether oxygens (including phenoxy) is 2. The molecule has 1 aliphatic heterocycles. The predicted octanol–water partition coefficient (Wildman–Crippen LogP) is 4.02. The van der Waals surface area contributed by atoms with Gasteiger partial charge in [-0.05, 0) is 25.1 Å². The monoisotopic (exact) mass is 344 g/mol. The molecule has 2 heterocycles. The number of fused-ring (bicyclic) bond motifs is 1. The van der Waals surface area contributed by atoms with E-state index in [1.807, 2.05) is 30.5 Å². The van der Waals surface area contributed by atoms with Gasteiger partial charge in [0, 0.05) is 12.0 Å². The van der Waals surface area contributed by atoms with Crippen molar-refractivity contribution in [2.24, 2.45) is 0 Å². The first-order valence-corrected chi connectivity index (χ1v) is 9.01. The van der Waals surface area contributed by atoms with Gasteiger partial charge in [-0.1, -0.05) is 39.8 Å². The van der Waals surface area contributed by atoms with Gasteiger partial charge in [0.05, 0.1) is 12.7 Å². The van der Waals surface area contributed by atoms with Crippen LogP contribution in [0.15, 0.2) is 34.9 Å². The third kappa shape index (κ3) is 4.54. The van der Waals surface area contributed by atoms with Gasteiger partial charge in [0.2, 0.25) is 5.89 Å². The molecule has 1 aliphatic rings. The molecule has 5 nitrogen and oxygen atoms in total. The molecule has 0 amide bonds. The van der Waals surface area contributed by atoms with E-state index in [0.29, 0.717) is 13.2 Å². The second kappa shape index (κ2) is 7.48. The van der Waals surface area contributed by atoms with Gasteiger partial charge in [-0.2, -0.15) is 0 Å². The van der Waals surface area contributed by atoms with E-state index >= 15 is 0 Å². The maximum absolute atomic E-state index is 6.09. The van der Waals surface area contributed by atoms with Gasteiger partial charge in [-0.3, -0.25) is 4.90 Å². The van der Waals surface area contributed by atoms with E-state index in [0.717, 1.165) is 42.7 Å². The third-order valence-corrected chi connectivity index (χ3v) is 4.22. The molecule has 0 N–H and O–H groups in total. The van der Waals surface area contributed by atoms with E-state index in [1.165, 1.54) is 0 Å². The SMILES string of the molecule is CCCN(Cc1ncc(C(C)(C)C)o1)CC1COc2ccccc2O1. The highest BCUT2D eigenvalue weighted by Gasteiger charge is 2.24. The molecule has 0 spiro atoms. The van der Waals surface area contributed by atoms with Gasteiger partial charge >= 0.3 is 0 Å². The van der Waals surface area contributed by atoms with Crippen LogP contribution in [0.5, 0.6) is 11.5 Å². The zero-order valence-electron chi connectivity index (χ0n) is 15.6. The van der Waals surface area contributed by atoms with Crippen molar-refractivity contribution in [1.82, 2.24) is 9.88 Å². The topological polar surface area (TPSA) is 47.7 Å². The minimum atomic E-state index is -0.0229. The number of oxazole rings is 1. The third-order valence-electron chi connectivity index (χ3n) is 4.22. The Hall–Kier alpha value is -2.01. The highest BCUT2D eigenvalue weighted by Crippen LogP contribution is 2.31. The summed E-state index contributed by atoms with van der Waals surface area (Å²) in [6, 6.07) is 7.82. The first kappa shape index (κ1) is 17.8. The second-order valence-corrected chi connectivity index (χ2v) is 7.60. The zero-order valence-corrected chi connectivity index (χ0v) is 15.6. The Morgan fingerprint density at radius 1 is 1.20 bits per heavy atom. The van der Waals surface area contributed by atoms with E-state index in [-0.39, 0.29) is 11.5 Å². The van der Waals surface area contributed by atoms with Crippen molar-refractivity contribution < 1.29 is 13.9 Å². The van der Waals surface area contributed by atoms with Crippen LogP contribution in [0.3, 0.4) is 0 Å². The van der Waals surface area contributed by atoms with E-state index in [2.05, 4.69) is 37.6 Å². The van der Waals surface area contributed by atoms with Crippen LogP contribution in [-0.2, 0) is 12.0 Å². The van der Waals surface area contributed by atoms with E-state index < -0.39 is 0 Å². The lowest BCUT2D eigenvalue weighted by atomic mass is 9.94. The minimum absolute atomic E-state index is 0.0125. The second-order valence-electron chi connectivity index (χ2n) is 7.60. The van der Waals surface area contributed by atoms with Gasteiger partial charge in [0.1, 0.15) is 18.5 Å². The number of benzene rings is 1. The molecule has 5 heteroatoms. The first-order valence-electron chi connectivity index (χ1n) is 9.01. The molecule has 0 fully saturated rings. The van der Waals surface area contributed by atoms with Crippen LogP contribution in [0.2, 0.25) is 0 Å². The quantitative estimate of drug-likeness (QED) is 0.792. The normalized spacial score (nSPS) is 17.1. The Kier molecular flexibility index (Phi) is 5.33. The number of aromatic nitrogens is 1. The fourth-order valence-corrected chi connectivity index (χ4v) is 2.91. The Morgan fingerprint density at radius 3 is 2.64 bits per heavy atom. The van der Waals surface area contributed by atoms with Gasteiger partial charge in [-0.25, -0.2) is 4.98 Å². The highest BCUT2D eigenvalue weighted by molar-refractivity contribution is 5.40. The smallest absolute Gasteiger partial charge is 0.208 e. The lowest BCUT2D eigenvalue weighted by Crippen LogP contribution is -2.41.